The summed E-state index contributed by atoms with van der Waals surface area (Å²) in [5, 5.41) is 1.05. The number of hydrogen-bond donors (Lipinski definition) is 0. The summed E-state index contributed by atoms with van der Waals surface area (Å²) in [5.74, 6) is 0. The molecule has 0 N–H and O–H groups in total. The maximum atomic E-state index is 6.07. The van der Waals surface area contributed by atoms with Crippen molar-refractivity contribution in [1.82, 2.24) is 0 Å². The van der Waals surface area contributed by atoms with Gasteiger partial charge < -0.3 is 0 Å². The molecule has 0 amide bonds. The largest absolute Gasteiger partial charge is 0.0888 e. The Morgan fingerprint density at radius 1 is 1.36 bits per heavy atom. The molecule has 62 valence electrons. The van der Waals surface area contributed by atoms with Gasteiger partial charge in [-0.3, -0.25) is 0 Å². The molecule has 0 aromatic rings. The summed E-state index contributed by atoms with van der Waals surface area (Å²) in [4.78, 5) is 0. The molecule has 0 heterocycles. The average Bonchev–Trinajstić information content (AvgIpc) is 2.07. The van der Waals surface area contributed by atoms with Gasteiger partial charge in [-0.25, -0.2) is 0 Å². The molecule has 0 atom stereocenters. The SMILES string of the molecule is C/C=C/C1=C(Cl)CC(C)(C)C1. The van der Waals surface area contributed by atoms with Gasteiger partial charge in [0.05, 0.1) is 0 Å². The number of hydrogen-bond acceptors (Lipinski definition) is 0. The Hall–Kier alpha value is -0.230. The van der Waals surface area contributed by atoms with Crippen LogP contribution in [0.25, 0.3) is 0 Å². The zero-order valence-corrected chi connectivity index (χ0v) is 8.20. The molecule has 0 aromatic carbocycles. The summed E-state index contributed by atoms with van der Waals surface area (Å²) >= 11 is 6.07. The highest BCUT2D eigenvalue weighted by Gasteiger charge is 2.28. The molecule has 0 bridgehead atoms. The average molecular weight is 171 g/mol. The van der Waals surface area contributed by atoms with Crippen molar-refractivity contribution >= 4 is 11.6 Å². The second-order valence-corrected chi connectivity index (χ2v) is 4.40. The second-order valence-electron chi connectivity index (χ2n) is 3.95. The van der Waals surface area contributed by atoms with Gasteiger partial charge in [-0.1, -0.05) is 37.6 Å². The molecule has 1 rings (SSSR count). The van der Waals surface area contributed by atoms with Crippen LogP contribution in [0.15, 0.2) is 22.8 Å². The number of rotatable bonds is 1. The van der Waals surface area contributed by atoms with E-state index in [-0.39, 0.29) is 0 Å². The fourth-order valence-corrected chi connectivity index (χ4v) is 2.05. The first-order valence-corrected chi connectivity index (χ1v) is 4.43. The van der Waals surface area contributed by atoms with Gasteiger partial charge in [-0.05, 0) is 30.8 Å². The Bertz CT molecular complexity index is 209. The van der Waals surface area contributed by atoms with Gasteiger partial charge in [0.15, 0.2) is 0 Å². The van der Waals surface area contributed by atoms with Gasteiger partial charge in [0.25, 0.3) is 0 Å². The van der Waals surface area contributed by atoms with Gasteiger partial charge in [-0.15, -0.1) is 0 Å². The molecule has 11 heavy (non-hydrogen) atoms. The summed E-state index contributed by atoms with van der Waals surface area (Å²) in [6, 6.07) is 0. The van der Waals surface area contributed by atoms with Crippen LogP contribution in [0.5, 0.6) is 0 Å². The Kier molecular flexibility index (Phi) is 2.43. The van der Waals surface area contributed by atoms with E-state index in [1.165, 1.54) is 5.57 Å². The highest BCUT2D eigenvalue weighted by molar-refractivity contribution is 6.30. The molecule has 0 spiro atoms. The van der Waals surface area contributed by atoms with Gasteiger partial charge in [0, 0.05) is 5.03 Å². The van der Waals surface area contributed by atoms with Crippen LogP contribution in [0.4, 0.5) is 0 Å². The van der Waals surface area contributed by atoms with E-state index < -0.39 is 0 Å². The molecule has 0 nitrogen and oxygen atoms in total. The van der Waals surface area contributed by atoms with E-state index >= 15 is 0 Å². The minimum atomic E-state index is 0.381. The summed E-state index contributed by atoms with van der Waals surface area (Å²) in [7, 11) is 0. The Morgan fingerprint density at radius 2 is 2.00 bits per heavy atom. The van der Waals surface area contributed by atoms with Gasteiger partial charge >= 0.3 is 0 Å². The fraction of sp³-hybridized carbons (Fsp3) is 0.600. The molecule has 0 aliphatic heterocycles. The molecule has 0 saturated heterocycles. The molecule has 1 heteroatoms. The van der Waals surface area contributed by atoms with Crippen LogP contribution < -0.4 is 0 Å². The topological polar surface area (TPSA) is 0 Å². The van der Waals surface area contributed by atoms with Crippen molar-refractivity contribution in [1.29, 1.82) is 0 Å². The van der Waals surface area contributed by atoms with Crippen LogP contribution in [0, 0.1) is 5.41 Å². The van der Waals surface area contributed by atoms with Crippen LogP contribution >= 0.6 is 11.6 Å². The molecule has 0 fully saturated rings. The second kappa shape index (κ2) is 3.02. The van der Waals surface area contributed by atoms with Crippen LogP contribution in [-0.2, 0) is 0 Å². The van der Waals surface area contributed by atoms with E-state index in [0.717, 1.165) is 17.9 Å². The summed E-state index contributed by atoms with van der Waals surface area (Å²) in [6.45, 7) is 6.54. The zero-order chi connectivity index (χ0) is 8.48. The lowest BCUT2D eigenvalue weighted by Crippen LogP contribution is -2.04. The number of allylic oxidation sites excluding steroid dienone is 4. The third-order valence-corrected chi connectivity index (χ3v) is 2.40. The molecular formula is C10H15Cl. The standard InChI is InChI=1S/C10H15Cl/c1-4-5-8-6-10(2,3)7-9(8)11/h4-5H,6-7H2,1-3H3/b5-4+. The van der Waals surface area contributed by atoms with Crippen LogP contribution in [0.3, 0.4) is 0 Å². The quantitative estimate of drug-likeness (QED) is 0.561. The Balaban J connectivity index is 2.75. The van der Waals surface area contributed by atoms with Crippen molar-refractivity contribution in [3.63, 3.8) is 0 Å². The zero-order valence-electron chi connectivity index (χ0n) is 7.45. The van der Waals surface area contributed by atoms with Gasteiger partial charge in [-0.2, -0.15) is 0 Å². The first kappa shape index (κ1) is 8.86. The van der Waals surface area contributed by atoms with Crippen molar-refractivity contribution in [2.45, 2.75) is 33.6 Å². The lowest BCUT2D eigenvalue weighted by atomic mass is 9.90. The van der Waals surface area contributed by atoms with Crippen LogP contribution in [0.2, 0.25) is 0 Å². The predicted molar refractivity (Wildman–Crippen MR) is 50.7 cm³/mol. The van der Waals surface area contributed by atoms with Crippen LogP contribution in [-0.4, -0.2) is 0 Å². The normalized spacial score (nSPS) is 23.6. The summed E-state index contributed by atoms with van der Waals surface area (Å²) < 4.78 is 0. The van der Waals surface area contributed by atoms with E-state index in [4.69, 9.17) is 11.6 Å². The van der Waals surface area contributed by atoms with Gasteiger partial charge in [0.2, 0.25) is 0 Å². The molecule has 0 aromatic heterocycles. The predicted octanol–water partition coefficient (Wildman–Crippen LogP) is 3.88. The Labute approximate surface area is 73.9 Å². The van der Waals surface area contributed by atoms with Crippen molar-refractivity contribution < 1.29 is 0 Å². The molecule has 1 aliphatic carbocycles. The van der Waals surface area contributed by atoms with E-state index in [1.54, 1.807) is 0 Å². The molecule has 0 saturated carbocycles. The van der Waals surface area contributed by atoms with Crippen molar-refractivity contribution in [3.05, 3.63) is 22.8 Å². The minimum Gasteiger partial charge on any atom is -0.0888 e. The smallest absolute Gasteiger partial charge is 0.0218 e. The highest BCUT2D eigenvalue weighted by atomic mass is 35.5. The molecular weight excluding hydrogens is 156 g/mol. The molecule has 0 unspecified atom stereocenters. The van der Waals surface area contributed by atoms with Gasteiger partial charge in [0.1, 0.15) is 0 Å². The summed E-state index contributed by atoms with van der Waals surface area (Å²) in [6.07, 6.45) is 6.33. The monoisotopic (exact) mass is 170 g/mol. The fourth-order valence-electron chi connectivity index (χ4n) is 1.56. The maximum absolute atomic E-state index is 6.07. The molecule has 0 radical (unpaired) electrons. The van der Waals surface area contributed by atoms with E-state index in [2.05, 4.69) is 26.0 Å². The van der Waals surface area contributed by atoms with E-state index in [1.807, 2.05) is 6.92 Å². The van der Waals surface area contributed by atoms with Crippen molar-refractivity contribution in [2.75, 3.05) is 0 Å². The minimum absolute atomic E-state index is 0.381. The lowest BCUT2D eigenvalue weighted by molar-refractivity contribution is 0.394. The third-order valence-electron chi connectivity index (χ3n) is 2.02. The highest BCUT2D eigenvalue weighted by Crippen LogP contribution is 2.43. The first-order valence-electron chi connectivity index (χ1n) is 4.05. The van der Waals surface area contributed by atoms with E-state index in [9.17, 15) is 0 Å². The van der Waals surface area contributed by atoms with Crippen LogP contribution in [0.1, 0.15) is 33.6 Å². The lowest BCUT2D eigenvalue weighted by Gasteiger charge is -2.15. The third kappa shape index (κ3) is 2.10. The number of halogens is 1. The maximum Gasteiger partial charge on any atom is 0.0218 e. The molecule has 1 aliphatic rings. The Morgan fingerprint density at radius 3 is 2.36 bits per heavy atom. The summed E-state index contributed by atoms with van der Waals surface area (Å²) in [5.41, 5.74) is 1.70. The van der Waals surface area contributed by atoms with E-state index in [0.29, 0.717) is 5.41 Å². The van der Waals surface area contributed by atoms with Crippen molar-refractivity contribution in [2.24, 2.45) is 5.41 Å². The first-order chi connectivity index (χ1) is 5.05. The van der Waals surface area contributed by atoms with Crippen molar-refractivity contribution in [3.8, 4) is 0 Å².